The molecule has 0 aliphatic heterocycles. The van der Waals surface area contributed by atoms with E-state index in [1.807, 2.05) is 0 Å². The highest BCUT2D eigenvalue weighted by molar-refractivity contribution is 5.95. The van der Waals surface area contributed by atoms with Crippen molar-refractivity contribution in [1.82, 2.24) is 0 Å². The number of ether oxygens (including phenoxy) is 2. The van der Waals surface area contributed by atoms with Crippen LogP contribution in [0.2, 0.25) is 0 Å². The van der Waals surface area contributed by atoms with Crippen molar-refractivity contribution in [2.75, 3.05) is 7.11 Å². The van der Waals surface area contributed by atoms with Gasteiger partial charge in [0.1, 0.15) is 17.1 Å². The maximum Gasteiger partial charge on any atom is 0.350 e. The molecule has 2 aromatic rings. The molecule has 2 rings (SSSR count). The fourth-order valence-electron chi connectivity index (χ4n) is 1.77. The summed E-state index contributed by atoms with van der Waals surface area (Å²) >= 11 is 0. The van der Waals surface area contributed by atoms with Crippen molar-refractivity contribution in [3.63, 3.8) is 0 Å². The number of benzene rings is 2. The van der Waals surface area contributed by atoms with Crippen molar-refractivity contribution in [2.24, 2.45) is 0 Å². The van der Waals surface area contributed by atoms with Crippen LogP contribution in [0.4, 0.5) is 5.69 Å². The van der Waals surface area contributed by atoms with E-state index in [9.17, 15) is 14.9 Å². The first-order chi connectivity index (χ1) is 10.0. The number of aryl methyl sites for hydroxylation is 1. The Kier molecular flexibility index (Phi) is 4.18. The molecule has 108 valence electrons. The van der Waals surface area contributed by atoms with Crippen molar-refractivity contribution in [3.05, 3.63) is 63.7 Å². The molecular weight excluding hydrogens is 274 g/mol. The number of esters is 1. The standard InChI is InChI=1S/C15H13NO5/c1-10-3-8-13(14(9-10)16(18)19)15(17)21-12-6-4-11(20-2)5-7-12/h3-9H,1-2H3. The average Bonchev–Trinajstić information content (AvgIpc) is 2.47. The molecule has 0 N–H and O–H groups in total. The Bertz CT molecular complexity index is 679. The number of hydrogen-bond acceptors (Lipinski definition) is 5. The lowest BCUT2D eigenvalue weighted by Gasteiger charge is -2.06. The molecule has 0 radical (unpaired) electrons. The van der Waals surface area contributed by atoms with Gasteiger partial charge in [-0.2, -0.15) is 0 Å². The van der Waals surface area contributed by atoms with Gasteiger partial charge in [0.25, 0.3) is 5.69 Å². The molecule has 0 aliphatic rings. The first-order valence-corrected chi connectivity index (χ1v) is 6.12. The number of hydrogen-bond donors (Lipinski definition) is 0. The summed E-state index contributed by atoms with van der Waals surface area (Å²) in [4.78, 5) is 22.4. The number of carbonyl (C=O) groups excluding carboxylic acids is 1. The van der Waals surface area contributed by atoms with Crippen molar-refractivity contribution in [2.45, 2.75) is 6.92 Å². The minimum atomic E-state index is -0.771. The second-order valence-electron chi connectivity index (χ2n) is 4.34. The molecule has 0 saturated heterocycles. The normalized spacial score (nSPS) is 10.0. The van der Waals surface area contributed by atoms with Crippen LogP contribution in [0.15, 0.2) is 42.5 Å². The maximum atomic E-state index is 12.0. The van der Waals surface area contributed by atoms with Gasteiger partial charge in [-0.1, -0.05) is 6.07 Å². The van der Waals surface area contributed by atoms with Gasteiger partial charge >= 0.3 is 5.97 Å². The summed E-state index contributed by atoms with van der Waals surface area (Å²) in [6, 6.07) is 10.7. The lowest BCUT2D eigenvalue weighted by Crippen LogP contribution is -2.11. The zero-order chi connectivity index (χ0) is 15.4. The van der Waals surface area contributed by atoms with Crippen LogP contribution in [0, 0.1) is 17.0 Å². The number of nitro benzene ring substituents is 1. The highest BCUT2D eigenvalue weighted by Gasteiger charge is 2.21. The molecular formula is C15H13NO5. The first kappa shape index (κ1) is 14.5. The summed E-state index contributed by atoms with van der Waals surface area (Å²) in [5.41, 5.74) is 0.345. The lowest BCUT2D eigenvalue weighted by molar-refractivity contribution is -0.385. The van der Waals surface area contributed by atoms with Gasteiger partial charge in [0.2, 0.25) is 0 Å². The zero-order valence-corrected chi connectivity index (χ0v) is 11.5. The smallest absolute Gasteiger partial charge is 0.350 e. The quantitative estimate of drug-likeness (QED) is 0.373. The second-order valence-corrected chi connectivity index (χ2v) is 4.34. The Morgan fingerprint density at radius 3 is 2.29 bits per heavy atom. The van der Waals surface area contributed by atoms with Crippen LogP contribution >= 0.6 is 0 Å². The van der Waals surface area contributed by atoms with Crippen LogP contribution in [0.1, 0.15) is 15.9 Å². The topological polar surface area (TPSA) is 78.7 Å². The molecule has 0 aliphatic carbocycles. The third-order valence-electron chi connectivity index (χ3n) is 2.84. The third-order valence-corrected chi connectivity index (χ3v) is 2.84. The van der Waals surface area contributed by atoms with Crippen LogP contribution in [-0.2, 0) is 0 Å². The summed E-state index contributed by atoms with van der Waals surface area (Å²) in [5.74, 6) is 0.138. The predicted octanol–water partition coefficient (Wildman–Crippen LogP) is 3.13. The van der Waals surface area contributed by atoms with Gasteiger partial charge in [0, 0.05) is 6.07 Å². The fourth-order valence-corrected chi connectivity index (χ4v) is 1.77. The SMILES string of the molecule is COc1ccc(OC(=O)c2ccc(C)cc2[N+](=O)[O-])cc1. The number of nitro groups is 1. The van der Waals surface area contributed by atoms with Gasteiger partial charge in [-0.15, -0.1) is 0 Å². The summed E-state index contributed by atoms with van der Waals surface area (Å²) < 4.78 is 10.1. The van der Waals surface area contributed by atoms with Gasteiger partial charge in [-0.3, -0.25) is 10.1 Å². The van der Waals surface area contributed by atoms with E-state index in [0.717, 1.165) is 0 Å². The van der Waals surface area contributed by atoms with E-state index in [1.54, 1.807) is 37.3 Å². The molecule has 6 heteroatoms. The van der Waals surface area contributed by atoms with E-state index in [0.29, 0.717) is 11.3 Å². The largest absolute Gasteiger partial charge is 0.497 e. The summed E-state index contributed by atoms with van der Waals surface area (Å²) in [5, 5.41) is 11.0. The number of nitrogens with zero attached hydrogens (tertiary/aromatic N) is 1. The Balaban J connectivity index is 2.25. The van der Waals surface area contributed by atoms with Gasteiger partial charge in [0.05, 0.1) is 12.0 Å². The van der Waals surface area contributed by atoms with E-state index in [4.69, 9.17) is 9.47 Å². The molecule has 2 aromatic carbocycles. The molecule has 0 heterocycles. The van der Waals surface area contributed by atoms with Gasteiger partial charge < -0.3 is 9.47 Å². The van der Waals surface area contributed by atoms with Crippen molar-refractivity contribution in [3.8, 4) is 11.5 Å². The second kappa shape index (κ2) is 6.04. The summed E-state index contributed by atoms with van der Waals surface area (Å²) in [6.45, 7) is 1.71. The lowest BCUT2D eigenvalue weighted by atomic mass is 10.1. The minimum absolute atomic E-state index is 0.0820. The van der Waals surface area contributed by atoms with Gasteiger partial charge in [-0.25, -0.2) is 4.79 Å². The van der Waals surface area contributed by atoms with E-state index in [1.165, 1.54) is 19.2 Å². The zero-order valence-electron chi connectivity index (χ0n) is 11.5. The van der Waals surface area contributed by atoms with E-state index >= 15 is 0 Å². The summed E-state index contributed by atoms with van der Waals surface area (Å²) in [6.07, 6.45) is 0. The molecule has 0 bridgehead atoms. The van der Waals surface area contributed by atoms with Crippen LogP contribution in [0.25, 0.3) is 0 Å². The van der Waals surface area contributed by atoms with E-state index in [-0.39, 0.29) is 17.0 Å². The predicted molar refractivity (Wildman–Crippen MR) is 75.8 cm³/mol. The molecule has 0 amide bonds. The molecule has 0 aromatic heterocycles. The van der Waals surface area contributed by atoms with Crippen molar-refractivity contribution < 1.29 is 19.2 Å². The highest BCUT2D eigenvalue weighted by Crippen LogP contribution is 2.23. The Hall–Kier alpha value is -2.89. The third kappa shape index (κ3) is 3.36. The number of carbonyl (C=O) groups is 1. The van der Waals surface area contributed by atoms with Crippen molar-refractivity contribution in [1.29, 1.82) is 0 Å². The Morgan fingerprint density at radius 1 is 1.10 bits per heavy atom. The van der Waals surface area contributed by atoms with E-state index in [2.05, 4.69) is 0 Å². The van der Waals surface area contributed by atoms with Crippen LogP contribution in [-0.4, -0.2) is 18.0 Å². The first-order valence-electron chi connectivity index (χ1n) is 6.12. The van der Waals surface area contributed by atoms with E-state index < -0.39 is 10.9 Å². The maximum absolute atomic E-state index is 12.0. The van der Waals surface area contributed by atoms with Crippen LogP contribution in [0.3, 0.4) is 0 Å². The molecule has 0 spiro atoms. The Labute approximate surface area is 121 Å². The van der Waals surface area contributed by atoms with Gasteiger partial charge in [0.15, 0.2) is 0 Å². The minimum Gasteiger partial charge on any atom is -0.497 e. The molecule has 21 heavy (non-hydrogen) atoms. The molecule has 6 nitrogen and oxygen atoms in total. The number of rotatable bonds is 4. The molecule has 0 fully saturated rings. The number of methoxy groups -OCH3 is 1. The van der Waals surface area contributed by atoms with Crippen LogP contribution < -0.4 is 9.47 Å². The molecule has 0 saturated carbocycles. The van der Waals surface area contributed by atoms with Crippen molar-refractivity contribution >= 4 is 11.7 Å². The summed E-state index contributed by atoms with van der Waals surface area (Å²) in [7, 11) is 1.52. The Morgan fingerprint density at radius 2 is 1.71 bits per heavy atom. The molecule has 0 atom stereocenters. The highest BCUT2D eigenvalue weighted by atomic mass is 16.6. The fraction of sp³-hybridized carbons (Fsp3) is 0.133. The van der Waals surface area contributed by atoms with Gasteiger partial charge in [-0.05, 0) is 42.8 Å². The van der Waals surface area contributed by atoms with Crippen LogP contribution in [0.5, 0.6) is 11.5 Å². The average molecular weight is 287 g/mol. The monoisotopic (exact) mass is 287 g/mol. The molecule has 0 unspecified atom stereocenters.